The fourth-order valence-electron chi connectivity index (χ4n) is 2.61. The SMILES string of the molecule is CC(C)(C)[C@@H](O)c1cccnc1-c1ncccc1[C@H](O)C(C)(C)C. The first-order valence-corrected chi connectivity index (χ1v) is 8.30. The second-order valence-electron chi connectivity index (χ2n) is 8.42. The molecule has 2 heterocycles. The van der Waals surface area contributed by atoms with E-state index in [0.29, 0.717) is 11.4 Å². The first-order valence-electron chi connectivity index (χ1n) is 8.30. The first-order chi connectivity index (χ1) is 11.0. The summed E-state index contributed by atoms with van der Waals surface area (Å²) in [4.78, 5) is 8.95. The van der Waals surface area contributed by atoms with Gasteiger partial charge in [-0.25, -0.2) is 0 Å². The summed E-state index contributed by atoms with van der Waals surface area (Å²) >= 11 is 0. The number of aromatic nitrogens is 2. The molecule has 0 saturated heterocycles. The van der Waals surface area contributed by atoms with Crippen molar-refractivity contribution in [3.8, 4) is 11.4 Å². The van der Waals surface area contributed by atoms with Crippen molar-refractivity contribution in [1.82, 2.24) is 9.97 Å². The molecule has 2 aromatic rings. The van der Waals surface area contributed by atoms with E-state index in [1.54, 1.807) is 12.4 Å². The van der Waals surface area contributed by atoms with Crippen molar-refractivity contribution >= 4 is 0 Å². The van der Waals surface area contributed by atoms with Crippen LogP contribution in [-0.4, -0.2) is 20.2 Å². The van der Waals surface area contributed by atoms with Crippen LogP contribution in [-0.2, 0) is 0 Å². The maximum atomic E-state index is 10.8. The van der Waals surface area contributed by atoms with Gasteiger partial charge in [0.1, 0.15) is 0 Å². The van der Waals surface area contributed by atoms with Crippen molar-refractivity contribution in [2.45, 2.75) is 53.8 Å². The molecule has 0 radical (unpaired) electrons. The minimum atomic E-state index is -0.678. The van der Waals surface area contributed by atoms with E-state index in [1.165, 1.54) is 0 Å². The summed E-state index contributed by atoms with van der Waals surface area (Å²) in [6, 6.07) is 7.38. The zero-order valence-corrected chi connectivity index (χ0v) is 15.4. The van der Waals surface area contributed by atoms with Gasteiger partial charge in [-0.2, -0.15) is 0 Å². The number of hydrogen-bond donors (Lipinski definition) is 2. The highest BCUT2D eigenvalue weighted by molar-refractivity contribution is 5.64. The van der Waals surface area contributed by atoms with Crippen LogP contribution in [0.4, 0.5) is 0 Å². The average molecular weight is 328 g/mol. The van der Waals surface area contributed by atoms with Gasteiger partial charge in [0, 0.05) is 23.5 Å². The van der Waals surface area contributed by atoms with E-state index in [1.807, 2.05) is 65.8 Å². The molecule has 2 aromatic heterocycles. The largest absolute Gasteiger partial charge is 0.388 e. The van der Waals surface area contributed by atoms with Gasteiger partial charge in [0.2, 0.25) is 0 Å². The highest BCUT2D eigenvalue weighted by atomic mass is 16.3. The molecule has 0 spiro atoms. The molecule has 0 bridgehead atoms. The summed E-state index contributed by atoms with van der Waals surface area (Å²) in [6.45, 7) is 11.9. The molecule has 0 aliphatic rings. The number of pyridine rings is 2. The van der Waals surface area contributed by atoms with E-state index in [9.17, 15) is 10.2 Å². The predicted octanol–water partition coefficient (Wildman–Crippen LogP) is 4.30. The van der Waals surface area contributed by atoms with Crippen LogP contribution in [0.5, 0.6) is 0 Å². The molecule has 2 atom stereocenters. The van der Waals surface area contributed by atoms with E-state index in [0.717, 1.165) is 11.1 Å². The fraction of sp³-hybridized carbons (Fsp3) is 0.500. The maximum absolute atomic E-state index is 10.8. The Morgan fingerprint density at radius 1 is 0.708 bits per heavy atom. The van der Waals surface area contributed by atoms with Crippen LogP contribution < -0.4 is 0 Å². The smallest absolute Gasteiger partial charge is 0.0948 e. The molecular formula is C20H28N2O2. The molecule has 0 aliphatic carbocycles. The Morgan fingerprint density at radius 3 is 1.33 bits per heavy atom. The van der Waals surface area contributed by atoms with Gasteiger partial charge in [-0.05, 0) is 23.0 Å². The second-order valence-corrected chi connectivity index (χ2v) is 8.42. The second kappa shape index (κ2) is 6.61. The molecule has 0 saturated carbocycles. The molecule has 2 rings (SSSR count). The van der Waals surface area contributed by atoms with Crippen molar-refractivity contribution < 1.29 is 10.2 Å². The number of aliphatic hydroxyl groups excluding tert-OH is 2. The van der Waals surface area contributed by atoms with Crippen molar-refractivity contribution in [3.05, 3.63) is 47.8 Å². The summed E-state index contributed by atoms with van der Waals surface area (Å²) in [5.74, 6) is 0. The molecule has 24 heavy (non-hydrogen) atoms. The van der Waals surface area contributed by atoms with Gasteiger partial charge >= 0.3 is 0 Å². The Bertz CT molecular complexity index is 638. The van der Waals surface area contributed by atoms with Crippen molar-refractivity contribution in [2.24, 2.45) is 10.8 Å². The summed E-state index contributed by atoms with van der Waals surface area (Å²) < 4.78 is 0. The summed E-state index contributed by atoms with van der Waals surface area (Å²) in [7, 11) is 0. The van der Waals surface area contributed by atoms with Crippen molar-refractivity contribution in [1.29, 1.82) is 0 Å². The lowest BCUT2D eigenvalue weighted by molar-refractivity contribution is 0.0612. The Balaban J connectivity index is 2.63. The quantitative estimate of drug-likeness (QED) is 0.881. The number of aliphatic hydroxyl groups is 2. The van der Waals surface area contributed by atoms with Crippen molar-refractivity contribution in [2.75, 3.05) is 0 Å². The Hall–Kier alpha value is -1.78. The van der Waals surface area contributed by atoms with Gasteiger partial charge in [-0.15, -0.1) is 0 Å². The molecule has 0 fully saturated rings. The molecule has 4 nitrogen and oxygen atoms in total. The lowest BCUT2D eigenvalue weighted by Gasteiger charge is -2.29. The monoisotopic (exact) mass is 328 g/mol. The summed E-state index contributed by atoms with van der Waals surface area (Å²) in [6.07, 6.45) is 2.03. The van der Waals surface area contributed by atoms with Crippen LogP contribution in [0.15, 0.2) is 36.7 Å². The van der Waals surface area contributed by atoms with E-state index in [2.05, 4.69) is 9.97 Å². The molecule has 0 aromatic carbocycles. The van der Waals surface area contributed by atoms with Crippen LogP contribution in [0.25, 0.3) is 11.4 Å². The zero-order valence-electron chi connectivity index (χ0n) is 15.4. The van der Waals surface area contributed by atoms with Crippen LogP contribution in [0, 0.1) is 10.8 Å². The molecular weight excluding hydrogens is 300 g/mol. The maximum Gasteiger partial charge on any atom is 0.0948 e. The van der Waals surface area contributed by atoms with Crippen LogP contribution in [0.2, 0.25) is 0 Å². The Labute approximate surface area is 144 Å². The lowest BCUT2D eigenvalue weighted by Crippen LogP contribution is -2.21. The number of nitrogens with zero attached hydrogens (tertiary/aromatic N) is 2. The van der Waals surface area contributed by atoms with E-state index >= 15 is 0 Å². The van der Waals surface area contributed by atoms with Gasteiger partial charge in [0.25, 0.3) is 0 Å². The van der Waals surface area contributed by atoms with Gasteiger partial charge in [0.05, 0.1) is 23.6 Å². The van der Waals surface area contributed by atoms with E-state index in [-0.39, 0.29) is 10.8 Å². The summed E-state index contributed by atoms with van der Waals surface area (Å²) in [5, 5.41) is 21.5. The van der Waals surface area contributed by atoms with Gasteiger partial charge < -0.3 is 10.2 Å². The van der Waals surface area contributed by atoms with Crippen LogP contribution in [0.1, 0.15) is 64.9 Å². The average Bonchev–Trinajstić information content (AvgIpc) is 2.51. The third-order valence-corrected chi connectivity index (χ3v) is 4.13. The van der Waals surface area contributed by atoms with Gasteiger partial charge in [-0.1, -0.05) is 53.7 Å². The molecule has 4 heteroatoms. The molecule has 0 amide bonds. The minimum absolute atomic E-state index is 0.324. The normalized spacial score (nSPS) is 15.2. The molecule has 0 unspecified atom stereocenters. The Kier molecular flexibility index (Phi) is 5.11. The molecule has 2 N–H and O–H groups in total. The predicted molar refractivity (Wildman–Crippen MR) is 96.3 cm³/mol. The number of hydrogen-bond acceptors (Lipinski definition) is 4. The van der Waals surface area contributed by atoms with Crippen LogP contribution in [0.3, 0.4) is 0 Å². The lowest BCUT2D eigenvalue weighted by atomic mass is 9.81. The fourth-order valence-corrected chi connectivity index (χ4v) is 2.61. The van der Waals surface area contributed by atoms with Crippen molar-refractivity contribution in [3.63, 3.8) is 0 Å². The Morgan fingerprint density at radius 2 is 1.04 bits per heavy atom. The molecule has 0 aliphatic heterocycles. The highest BCUT2D eigenvalue weighted by Crippen LogP contribution is 2.40. The van der Waals surface area contributed by atoms with Crippen LogP contribution >= 0.6 is 0 Å². The minimum Gasteiger partial charge on any atom is -0.388 e. The van der Waals surface area contributed by atoms with E-state index < -0.39 is 12.2 Å². The third-order valence-electron chi connectivity index (χ3n) is 4.13. The third kappa shape index (κ3) is 3.82. The summed E-state index contributed by atoms with van der Waals surface area (Å²) in [5.41, 5.74) is 2.06. The van der Waals surface area contributed by atoms with Gasteiger partial charge in [0.15, 0.2) is 0 Å². The topological polar surface area (TPSA) is 66.2 Å². The first kappa shape index (κ1) is 18.6. The zero-order chi connectivity index (χ0) is 18.1. The number of rotatable bonds is 3. The standard InChI is InChI=1S/C20H28N2O2/c1-19(2,3)17(23)13-9-7-11-21-15(13)16-14(10-8-12-22-16)18(24)20(4,5)6/h7-12,17-18,23-24H,1-6H3/t17-,18-/m0/s1. The highest BCUT2D eigenvalue weighted by Gasteiger charge is 2.31. The van der Waals surface area contributed by atoms with E-state index in [4.69, 9.17) is 0 Å². The molecule has 130 valence electrons. The van der Waals surface area contributed by atoms with Gasteiger partial charge in [-0.3, -0.25) is 9.97 Å².